The van der Waals surface area contributed by atoms with E-state index in [2.05, 4.69) is 21.2 Å². The minimum atomic E-state index is -3.59. The van der Waals surface area contributed by atoms with Crippen LogP contribution in [-0.2, 0) is 10.0 Å². The summed E-state index contributed by atoms with van der Waals surface area (Å²) in [4.78, 5) is 12.9. The maximum absolute atomic E-state index is 12.8. The van der Waals surface area contributed by atoms with Crippen molar-refractivity contribution >= 4 is 37.5 Å². The van der Waals surface area contributed by atoms with Crippen LogP contribution in [0.5, 0.6) is 5.75 Å². The second-order valence-corrected chi connectivity index (χ2v) is 9.38. The average molecular weight is 467 g/mol. The molecule has 1 saturated heterocycles. The van der Waals surface area contributed by atoms with Crippen molar-refractivity contribution in [2.75, 3.05) is 25.0 Å². The van der Waals surface area contributed by atoms with Crippen molar-refractivity contribution in [2.45, 2.75) is 31.1 Å². The number of hydrogen-bond donors (Lipinski definition) is 1. The number of ether oxygens (including phenoxy) is 1. The van der Waals surface area contributed by atoms with Crippen molar-refractivity contribution in [1.82, 2.24) is 4.31 Å². The van der Waals surface area contributed by atoms with E-state index in [1.807, 2.05) is 13.0 Å². The van der Waals surface area contributed by atoms with Crippen molar-refractivity contribution in [3.8, 4) is 5.75 Å². The molecule has 3 rings (SSSR count). The van der Waals surface area contributed by atoms with Crippen LogP contribution in [0.2, 0.25) is 0 Å². The molecule has 0 bridgehead atoms. The zero-order valence-electron chi connectivity index (χ0n) is 15.7. The monoisotopic (exact) mass is 466 g/mol. The molecule has 1 fully saturated rings. The van der Waals surface area contributed by atoms with Gasteiger partial charge in [-0.2, -0.15) is 4.31 Å². The highest BCUT2D eigenvalue weighted by molar-refractivity contribution is 9.10. The summed E-state index contributed by atoms with van der Waals surface area (Å²) < 4.78 is 33.2. The first-order valence-corrected chi connectivity index (χ1v) is 11.5. The number of anilines is 1. The largest absolute Gasteiger partial charge is 0.494 e. The van der Waals surface area contributed by atoms with Crippen LogP contribution in [0.4, 0.5) is 5.69 Å². The number of carbonyl (C=O) groups excluding carboxylic acids is 1. The Morgan fingerprint density at radius 3 is 2.64 bits per heavy atom. The summed E-state index contributed by atoms with van der Waals surface area (Å²) in [6.07, 6.45) is 2.61. The van der Waals surface area contributed by atoms with E-state index in [9.17, 15) is 13.2 Å². The lowest BCUT2D eigenvalue weighted by molar-refractivity contribution is 0.102. The molecule has 1 aliphatic rings. The summed E-state index contributed by atoms with van der Waals surface area (Å²) in [5, 5.41) is 2.81. The normalized spacial score (nSPS) is 14.8. The molecule has 1 aliphatic heterocycles. The molecule has 0 atom stereocenters. The lowest BCUT2D eigenvalue weighted by Crippen LogP contribution is -2.28. The molecule has 1 heterocycles. The zero-order valence-corrected chi connectivity index (χ0v) is 18.1. The fourth-order valence-corrected chi connectivity index (χ4v) is 4.97. The van der Waals surface area contributed by atoms with Crippen LogP contribution in [0, 0.1) is 0 Å². The van der Waals surface area contributed by atoms with Crippen molar-refractivity contribution < 1.29 is 17.9 Å². The Balaban J connectivity index is 1.82. The van der Waals surface area contributed by atoms with E-state index in [-0.39, 0.29) is 10.5 Å². The van der Waals surface area contributed by atoms with Gasteiger partial charge in [-0.25, -0.2) is 8.42 Å². The molecule has 8 heteroatoms. The van der Waals surface area contributed by atoms with E-state index in [0.29, 0.717) is 35.6 Å². The van der Waals surface area contributed by atoms with Gasteiger partial charge in [-0.3, -0.25) is 4.79 Å². The standard InChI is InChI=1S/C20H23BrN2O4S/c1-2-12-27-16-7-5-6-15(13-16)22-20(24)18-14-17(8-9-19(18)21)28(25,26)23-10-3-4-11-23/h5-9,13-14H,2-4,10-12H2,1H3,(H,22,24). The van der Waals surface area contributed by atoms with Crippen molar-refractivity contribution in [2.24, 2.45) is 0 Å². The first-order valence-electron chi connectivity index (χ1n) is 9.25. The number of sulfonamides is 1. The first kappa shape index (κ1) is 20.8. The van der Waals surface area contributed by atoms with Crippen LogP contribution >= 0.6 is 15.9 Å². The van der Waals surface area contributed by atoms with Gasteiger partial charge in [-0.15, -0.1) is 0 Å². The lowest BCUT2D eigenvalue weighted by atomic mass is 10.2. The number of rotatable bonds is 7. The summed E-state index contributed by atoms with van der Waals surface area (Å²) in [7, 11) is -3.59. The zero-order chi connectivity index (χ0) is 20.1. The van der Waals surface area contributed by atoms with Crippen LogP contribution in [-0.4, -0.2) is 38.3 Å². The van der Waals surface area contributed by atoms with Crippen LogP contribution in [0.15, 0.2) is 51.8 Å². The van der Waals surface area contributed by atoms with Crippen molar-refractivity contribution in [3.63, 3.8) is 0 Å². The fraction of sp³-hybridized carbons (Fsp3) is 0.350. The molecule has 0 aromatic heterocycles. The van der Waals surface area contributed by atoms with Crippen LogP contribution in [0.25, 0.3) is 0 Å². The van der Waals surface area contributed by atoms with Gasteiger partial charge in [0.2, 0.25) is 10.0 Å². The smallest absolute Gasteiger partial charge is 0.256 e. The number of amides is 1. The molecule has 0 spiro atoms. The second kappa shape index (κ2) is 9.07. The van der Waals surface area contributed by atoms with Crippen LogP contribution in [0.1, 0.15) is 36.5 Å². The number of nitrogens with one attached hydrogen (secondary N) is 1. The van der Waals surface area contributed by atoms with Crippen LogP contribution in [0.3, 0.4) is 0 Å². The number of nitrogens with zero attached hydrogens (tertiary/aromatic N) is 1. The molecule has 1 amide bonds. The minimum Gasteiger partial charge on any atom is -0.494 e. The third-order valence-electron chi connectivity index (χ3n) is 4.45. The third kappa shape index (κ3) is 4.74. The Bertz CT molecular complexity index is 956. The van der Waals surface area contributed by atoms with Gasteiger partial charge in [0.25, 0.3) is 5.91 Å². The summed E-state index contributed by atoms with van der Waals surface area (Å²) in [5.41, 5.74) is 0.846. The van der Waals surface area contributed by atoms with E-state index >= 15 is 0 Å². The third-order valence-corrected chi connectivity index (χ3v) is 7.04. The molecule has 0 unspecified atom stereocenters. The molecular weight excluding hydrogens is 444 g/mol. The van der Waals surface area contributed by atoms with E-state index in [1.54, 1.807) is 24.3 Å². The Morgan fingerprint density at radius 1 is 1.18 bits per heavy atom. The summed E-state index contributed by atoms with van der Waals surface area (Å²) in [5.74, 6) is 0.280. The first-order chi connectivity index (χ1) is 13.4. The summed E-state index contributed by atoms with van der Waals surface area (Å²) in [6, 6.07) is 11.7. The number of hydrogen-bond acceptors (Lipinski definition) is 4. The van der Waals surface area contributed by atoms with Gasteiger partial charge in [0.1, 0.15) is 5.75 Å². The van der Waals surface area contributed by atoms with E-state index in [4.69, 9.17) is 4.74 Å². The molecule has 0 aliphatic carbocycles. The number of halogens is 1. The van der Waals surface area contributed by atoms with Gasteiger partial charge in [0, 0.05) is 29.3 Å². The molecule has 2 aromatic rings. The average Bonchev–Trinajstić information content (AvgIpc) is 3.22. The minimum absolute atomic E-state index is 0.128. The molecule has 0 saturated carbocycles. The van der Waals surface area contributed by atoms with Gasteiger partial charge < -0.3 is 10.1 Å². The Labute approximate surface area is 174 Å². The lowest BCUT2D eigenvalue weighted by Gasteiger charge is -2.16. The molecule has 2 aromatic carbocycles. The molecule has 28 heavy (non-hydrogen) atoms. The molecule has 150 valence electrons. The van der Waals surface area contributed by atoms with Gasteiger partial charge in [-0.1, -0.05) is 13.0 Å². The maximum atomic E-state index is 12.8. The van der Waals surface area contributed by atoms with E-state index in [0.717, 1.165) is 19.3 Å². The maximum Gasteiger partial charge on any atom is 0.256 e. The molecule has 0 radical (unpaired) electrons. The van der Waals surface area contributed by atoms with Gasteiger partial charge in [0.15, 0.2) is 0 Å². The SMILES string of the molecule is CCCOc1cccc(NC(=O)c2cc(S(=O)(=O)N3CCCC3)ccc2Br)c1. The topological polar surface area (TPSA) is 75.7 Å². The highest BCUT2D eigenvalue weighted by Gasteiger charge is 2.28. The quantitative estimate of drug-likeness (QED) is 0.660. The predicted molar refractivity (Wildman–Crippen MR) is 112 cm³/mol. The number of benzene rings is 2. The Kier molecular flexibility index (Phi) is 6.74. The molecule has 6 nitrogen and oxygen atoms in total. The van der Waals surface area contributed by atoms with Crippen LogP contribution < -0.4 is 10.1 Å². The van der Waals surface area contributed by atoms with Crippen molar-refractivity contribution in [1.29, 1.82) is 0 Å². The highest BCUT2D eigenvalue weighted by atomic mass is 79.9. The predicted octanol–water partition coefficient (Wildman–Crippen LogP) is 4.27. The second-order valence-electron chi connectivity index (χ2n) is 6.58. The molecule has 1 N–H and O–H groups in total. The summed E-state index contributed by atoms with van der Waals surface area (Å²) >= 11 is 3.35. The Morgan fingerprint density at radius 2 is 1.93 bits per heavy atom. The van der Waals surface area contributed by atoms with Gasteiger partial charge in [0.05, 0.1) is 17.1 Å². The fourth-order valence-electron chi connectivity index (χ4n) is 3.00. The van der Waals surface area contributed by atoms with Crippen molar-refractivity contribution in [3.05, 3.63) is 52.5 Å². The van der Waals surface area contributed by atoms with Gasteiger partial charge >= 0.3 is 0 Å². The van der Waals surface area contributed by atoms with Gasteiger partial charge in [-0.05, 0) is 65.5 Å². The Hall–Kier alpha value is -1.90. The summed E-state index contributed by atoms with van der Waals surface area (Å²) in [6.45, 7) is 3.65. The number of carbonyl (C=O) groups is 1. The molecular formula is C20H23BrN2O4S. The highest BCUT2D eigenvalue weighted by Crippen LogP contribution is 2.27. The van der Waals surface area contributed by atoms with E-state index in [1.165, 1.54) is 16.4 Å². The van der Waals surface area contributed by atoms with E-state index < -0.39 is 15.9 Å².